The Hall–Kier alpha value is -3.48. The Morgan fingerprint density at radius 3 is 2.73 bits per heavy atom. The van der Waals surface area contributed by atoms with Crippen LogP contribution in [0.2, 0.25) is 0 Å². The summed E-state index contributed by atoms with van der Waals surface area (Å²) in [5.41, 5.74) is 1.42. The topological polar surface area (TPSA) is 109 Å². The molecule has 0 unspecified atom stereocenters. The fraction of sp³-hybridized carbons (Fsp3) is 0.250. The first-order chi connectivity index (χ1) is 19.4. The molecule has 0 bridgehead atoms. The summed E-state index contributed by atoms with van der Waals surface area (Å²) in [7, 11) is 1.58. The maximum absolute atomic E-state index is 13.9. The minimum atomic E-state index is -0.723. The van der Waals surface area contributed by atoms with Gasteiger partial charge < -0.3 is 13.9 Å². The van der Waals surface area contributed by atoms with Crippen LogP contribution in [0.25, 0.3) is 6.08 Å². The summed E-state index contributed by atoms with van der Waals surface area (Å²) in [5.74, 6) is 0.654. The van der Waals surface area contributed by atoms with Gasteiger partial charge in [0.05, 0.1) is 40.0 Å². The molecule has 0 spiro atoms. The zero-order chi connectivity index (χ0) is 28.2. The molecular formula is C28H25BrN4O5S2. The van der Waals surface area contributed by atoms with Crippen LogP contribution in [-0.2, 0) is 9.53 Å². The van der Waals surface area contributed by atoms with E-state index in [1.165, 1.54) is 23.1 Å². The molecule has 0 N–H and O–H groups in total. The first kappa shape index (κ1) is 28.1. The van der Waals surface area contributed by atoms with Gasteiger partial charge in [0.2, 0.25) is 0 Å². The molecule has 206 valence electrons. The molecule has 40 heavy (non-hydrogen) atoms. The smallest absolute Gasteiger partial charge is 0.338 e. The van der Waals surface area contributed by atoms with Gasteiger partial charge >= 0.3 is 5.97 Å². The SMILES string of the molecule is CCCC1=C(C(=O)OCC)[C@H](c2ccc(OC)c(Br)c2)n2c(s/c(=C/c3ccc(Sc4ncccn4)o3)c2=O)=N1. The van der Waals surface area contributed by atoms with Crippen molar-refractivity contribution < 1.29 is 18.7 Å². The highest BCUT2D eigenvalue weighted by atomic mass is 79.9. The number of hydrogen-bond donors (Lipinski definition) is 0. The number of rotatable bonds is 9. The molecular weight excluding hydrogens is 616 g/mol. The fourth-order valence-corrected chi connectivity index (χ4v) is 6.55. The zero-order valence-electron chi connectivity index (χ0n) is 21.9. The highest BCUT2D eigenvalue weighted by molar-refractivity contribution is 9.10. The molecule has 0 amide bonds. The third kappa shape index (κ3) is 5.70. The Kier molecular flexibility index (Phi) is 8.67. The second kappa shape index (κ2) is 12.4. The molecule has 0 aliphatic carbocycles. The molecule has 0 saturated heterocycles. The second-order valence-corrected chi connectivity index (χ2v) is 11.4. The number of carbonyl (C=O) groups is 1. The van der Waals surface area contributed by atoms with Crippen molar-refractivity contribution in [2.45, 2.75) is 43.0 Å². The lowest BCUT2D eigenvalue weighted by molar-refractivity contribution is -0.139. The molecule has 1 atom stereocenters. The third-order valence-electron chi connectivity index (χ3n) is 5.99. The summed E-state index contributed by atoms with van der Waals surface area (Å²) in [6.07, 6.45) is 6.35. The number of carbonyl (C=O) groups excluding carboxylic acids is 1. The van der Waals surface area contributed by atoms with Crippen molar-refractivity contribution in [2.24, 2.45) is 4.99 Å². The number of thiazole rings is 1. The lowest BCUT2D eigenvalue weighted by atomic mass is 9.94. The van der Waals surface area contributed by atoms with Gasteiger partial charge in [0.1, 0.15) is 11.5 Å². The van der Waals surface area contributed by atoms with Crippen molar-refractivity contribution in [1.82, 2.24) is 14.5 Å². The minimum Gasteiger partial charge on any atom is -0.496 e. The van der Waals surface area contributed by atoms with Crippen molar-refractivity contribution in [1.29, 1.82) is 0 Å². The molecule has 5 rings (SSSR count). The highest BCUT2D eigenvalue weighted by Gasteiger charge is 2.34. The highest BCUT2D eigenvalue weighted by Crippen LogP contribution is 2.36. The van der Waals surface area contributed by atoms with Crippen LogP contribution in [0, 0.1) is 0 Å². The van der Waals surface area contributed by atoms with E-state index in [9.17, 15) is 9.59 Å². The van der Waals surface area contributed by atoms with E-state index >= 15 is 0 Å². The predicted octanol–water partition coefficient (Wildman–Crippen LogP) is 4.88. The van der Waals surface area contributed by atoms with Gasteiger partial charge in [-0.15, -0.1) is 0 Å². The van der Waals surface area contributed by atoms with E-state index in [0.29, 0.717) is 53.3 Å². The van der Waals surface area contributed by atoms with Gasteiger partial charge in [0, 0.05) is 18.5 Å². The summed E-state index contributed by atoms with van der Waals surface area (Å²) in [6.45, 7) is 3.98. The number of methoxy groups -OCH3 is 1. The number of nitrogens with zero attached hydrogens (tertiary/aromatic N) is 4. The number of furan rings is 1. The molecule has 4 aromatic rings. The lowest BCUT2D eigenvalue weighted by Crippen LogP contribution is -2.40. The number of esters is 1. The van der Waals surface area contributed by atoms with Crippen LogP contribution < -0.4 is 19.6 Å². The molecule has 12 heteroatoms. The number of hydrogen-bond acceptors (Lipinski definition) is 10. The number of allylic oxidation sites excluding steroid dienone is 1. The largest absolute Gasteiger partial charge is 0.496 e. The molecule has 1 aromatic carbocycles. The van der Waals surface area contributed by atoms with Gasteiger partial charge in [-0.2, -0.15) is 0 Å². The monoisotopic (exact) mass is 640 g/mol. The quantitative estimate of drug-likeness (QED) is 0.188. The van der Waals surface area contributed by atoms with E-state index in [-0.39, 0.29) is 12.2 Å². The van der Waals surface area contributed by atoms with Crippen LogP contribution in [0.1, 0.15) is 44.1 Å². The zero-order valence-corrected chi connectivity index (χ0v) is 25.1. The number of aromatic nitrogens is 3. The van der Waals surface area contributed by atoms with E-state index in [4.69, 9.17) is 18.9 Å². The average molecular weight is 642 g/mol. The van der Waals surface area contributed by atoms with Gasteiger partial charge in [-0.05, 0) is 76.9 Å². The summed E-state index contributed by atoms with van der Waals surface area (Å²) >= 11 is 6.08. The van der Waals surface area contributed by atoms with Gasteiger partial charge in [-0.25, -0.2) is 19.8 Å². The molecule has 0 radical (unpaired) electrons. The Morgan fingerprint density at radius 1 is 1.23 bits per heavy atom. The van der Waals surface area contributed by atoms with Gasteiger partial charge in [0.15, 0.2) is 15.1 Å². The lowest BCUT2D eigenvalue weighted by Gasteiger charge is -2.26. The van der Waals surface area contributed by atoms with E-state index < -0.39 is 12.0 Å². The fourth-order valence-electron chi connectivity index (χ4n) is 4.31. The molecule has 0 saturated carbocycles. The molecule has 1 aliphatic heterocycles. The van der Waals surface area contributed by atoms with Crippen LogP contribution in [0.15, 0.2) is 89.0 Å². The van der Waals surface area contributed by atoms with Crippen LogP contribution >= 0.6 is 39.0 Å². The van der Waals surface area contributed by atoms with E-state index in [0.717, 1.165) is 12.0 Å². The van der Waals surface area contributed by atoms with Crippen molar-refractivity contribution in [3.8, 4) is 5.75 Å². The standard InChI is InChI=1S/C28H25BrN4O5S2/c1-4-7-19-23(26(35)37-5-2)24(16-8-10-20(36-3)18(29)14-16)33-25(34)21(39-28(33)32-19)15-17-9-11-22(38-17)40-27-30-12-6-13-31-27/h6,8-15,24H,4-5,7H2,1-3H3/b21-15+/t24-/m0/s1. The Morgan fingerprint density at radius 2 is 2.02 bits per heavy atom. The van der Waals surface area contributed by atoms with Crippen LogP contribution in [0.3, 0.4) is 0 Å². The third-order valence-corrected chi connectivity index (χ3v) is 8.41. The number of benzene rings is 1. The van der Waals surface area contributed by atoms with Gasteiger partial charge in [0.25, 0.3) is 5.56 Å². The van der Waals surface area contributed by atoms with Crippen molar-refractivity contribution in [3.05, 3.63) is 95.5 Å². The van der Waals surface area contributed by atoms with Crippen molar-refractivity contribution >= 4 is 51.1 Å². The van der Waals surface area contributed by atoms with Crippen LogP contribution in [-0.4, -0.2) is 34.2 Å². The molecule has 4 heterocycles. The normalized spacial score (nSPS) is 15.1. The van der Waals surface area contributed by atoms with Crippen molar-refractivity contribution in [2.75, 3.05) is 13.7 Å². The maximum Gasteiger partial charge on any atom is 0.338 e. The van der Waals surface area contributed by atoms with E-state index in [2.05, 4.69) is 25.9 Å². The molecule has 0 fully saturated rings. The number of halogens is 1. The van der Waals surface area contributed by atoms with Crippen LogP contribution in [0.5, 0.6) is 5.75 Å². The summed E-state index contributed by atoms with van der Waals surface area (Å²) in [4.78, 5) is 40.9. The summed E-state index contributed by atoms with van der Waals surface area (Å²) in [5, 5.41) is 1.16. The average Bonchev–Trinajstić information content (AvgIpc) is 3.52. The molecule has 1 aliphatic rings. The maximum atomic E-state index is 13.9. The van der Waals surface area contributed by atoms with Gasteiger partial charge in [-0.3, -0.25) is 9.36 Å². The summed E-state index contributed by atoms with van der Waals surface area (Å²) in [6, 6.07) is 10.1. The Balaban J connectivity index is 1.64. The predicted molar refractivity (Wildman–Crippen MR) is 155 cm³/mol. The number of ether oxygens (including phenoxy) is 2. The second-order valence-electron chi connectivity index (χ2n) is 8.60. The number of fused-ring (bicyclic) bond motifs is 1. The van der Waals surface area contributed by atoms with Crippen LogP contribution in [0.4, 0.5) is 0 Å². The Bertz CT molecular complexity index is 1760. The van der Waals surface area contributed by atoms with E-state index in [1.807, 2.05) is 19.1 Å². The first-order valence-electron chi connectivity index (χ1n) is 12.5. The van der Waals surface area contributed by atoms with E-state index in [1.54, 1.807) is 61.3 Å². The molecule has 9 nitrogen and oxygen atoms in total. The minimum absolute atomic E-state index is 0.206. The van der Waals surface area contributed by atoms with Crippen molar-refractivity contribution in [3.63, 3.8) is 0 Å². The van der Waals surface area contributed by atoms with Gasteiger partial charge in [-0.1, -0.05) is 30.7 Å². The first-order valence-corrected chi connectivity index (χ1v) is 15.0. The molecule has 3 aromatic heterocycles. The Labute approximate surface area is 246 Å². The summed E-state index contributed by atoms with van der Waals surface area (Å²) < 4.78 is 19.5.